The molecule has 0 saturated heterocycles. The van der Waals surface area contributed by atoms with E-state index in [-0.39, 0.29) is 20.7 Å². The Balaban J connectivity index is 2.31. The van der Waals surface area contributed by atoms with Gasteiger partial charge in [-0.05, 0) is 34.1 Å². The molecule has 0 unspecified atom stereocenters. The first-order valence-corrected chi connectivity index (χ1v) is 8.32. The number of hydrogen-bond acceptors (Lipinski definition) is 4. The van der Waals surface area contributed by atoms with Crippen molar-refractivity contribution in [3.05, 3.63) is 40.2 Å². The van der Waals surface area contributed by atoms with Crippen LogP contribution in [0.3, 0.4) is 0 Å². The van der Waals surface area contributed by atoms with Crippen LogP contribution in [0.4, 0.5) is 10.3 Å². The third-order valence-corrected chi connectivity index (χ3v) is 5.02. The van der Waals surface area contributed by atoms with Crippen LogP contribution in [0.5, 0.6) is 0 Å². The summed E-state index contributed by atoms with van der Waals surface area (Å²) >= 11 is 3.03. The third-order valence-electron chi connectivity index (χ3n) is 2.70. The highest BCUT2D eigenvalue weighted by molar-refractivity contribution is 9.10. The van der Waals surface area contributed by atoms with E-state index in [1.165, 1.54) is 12.1 Å². The molecule has 1 aromatic carbocycles. The van der Waals surface area contributed by atoms with Crippen LogP contribution >= 0.6 is 15.9 Å². The molecule has 0 amide bonds. The van der Waals surface area contributed by atoms with E-state index in [0.29, 0.717) is 5.69 Å². The normalized spacial score (nSPS) is 12.4. The van der Waals surface area contributed by atoms with E-state index < -0.39 is 15.8 Å². The maximum Gasteiger partial charge on any atom is 0.265 e. The first-order chi connectivity index (χ1) is 9.59. The molecule has 2 rings (SSSR count). The second-order valence-electron chi connectivity index (χ2n) is 5.51. The topological polar surface area (TPSA) is 72.2 Å². The minimum absolute atomic E-state index is 0.0103. The Morgan fingerprint density at radius 2 is 1.95 bits per heavy atom. The molecule has 1 aromatic heterocycles. The molecule has 0 aliphatic carbocycles. The second-order valence-corrected chi connectivity index (χ2v) is 8.01. The molecule has 1 N–H and O–H groups in total. The van der Waals surface area contributed by atoms with Crippen molar-refractivity contribution < 1.29 is 17.3 Å². The first-order valence-electron chi connectivity index (χ1n) is 6.05. The maximum atomic E-state index is 13.0. The number of benzene rings is 1. The van der Waals surface area contributed by atoms with E-state index in [2.05, 4.69) is 25.8 Å². The number of aromatic nitrogens is 1. The average Bonchev–Trinajstić information content (AvgIpc) is 2.75. The zero-order chi connectivity index (χ0) is 15.8. The van der Waals surface area contributed by atoms with Gasteiger partial charge in [0.05, 0.1) is 5.69 Å². The number of anilines is 1. The van der Waals surface area contributed by atoms with Gasteiger partial charge in [-0.15, -0.1) is 0 Å². The van der Waals surface area contributed by atoms with E-state index >= 15 is 0 Å². The van der Waals surface area contributed by atoms with Crippen LogP contribution in [0.15, 0.2) is 38.2 Å². The molecule has 0 fully saturated rings. The van der Waals surface area contributed by atoms with E-state index in [9.17, 15) is 12.8 Å². The van der Waals surface area contributed by atoms with Crippen molar-refractivity contribution in [1.82, 2.24) is 5.16 Å². The van der Waals surface area contributed by atoms with Crippen LogP contribution in [0.25, 0.3) is 0 Å². The summed E-state index contributed by atoms with van der Waals surface area (Å²) in [5, 5.41) is 3.83. The summed E-state index contributed by atoms with van der Waals surface area (Å²) in [5.41, 5.74) is 0.363. The highest BCUT2D eigenvalue weighted by atomic mass is 79.9. The Hall–Kier alpha value is -1.41. The molecule has 0 aliphatic heterocycles. The van der Waals surface area contributed by atoms with Gasteiger partial charge in [0, 0.05) is 16.0 Å². The van der Waals surface area contributed by atoms with Gasteiger partial charge in [0.15, 0.2) is 0 Å². The maximum absolute atomic E-state index is 13.0. The fourth-order valence-electron chi connectivity index (χ4n) is 1.56. The molecule has 0 atom stereocenters. The summed E-state index contributed by atoms with van der Waals surface area (Å²) in [6.45, 7) is 5.79. The zero-order valence-electron chi connectivity index (χ0n) is 11.6. The van der Waals surface area contributed by atoms with Crippen LogP contribution in [0.1, 0.15) is 26.5 Å². The van der Waals surface area contributed by atoms with Crippen molar-refractivity contribution >= 4 is 31.8 Å². The van der Waals surface area contributed by atoms with Crippen LogP contribution in [-0.2, 0) is 15.4 Å². The van der Waals surface area contributed by atoms with Gasteiger partial charge in [-0.1, -0.05) is 25.9 Å². The second kappa shape index (κ2) is 5.42. The number of rotatable bonds is 3. The first kappa shape index (κ1) is 16.0. The number of hydrogen-bond donors (Lipinski definition) is 1. The zero-order valence-corrected chi connectivity index (χ0v) is 14.0. The molecular weight excluding hydrogens is 363 g/mol. The summed E-state index contributed by atoms with van der Waals surface area (Å²) in [5.74, 6) is -0.522. The van der Waals surface area contributed by atoms with Gasteiger partial charge < -0.3 is 4.52 Å². The van der Waals surface area contributed by atoms with E-state index in [1.54, 1.807) is 0 Å². The van der Waals surface area contributed by atoms with E-state index in [4.69, 9.17) is 4.52 Å². The molecule has 1 heterocycles. The molecule has 0 bridgehead atoms. The smallest absolute Gasteiger partial charge is 0.265 e. The molecule has 0 radical (unpaired) electrons. The summed E-state index contributed by atoms with van der Waals surface area (Å²) in [6, 6.07) is 4.84. The number of nitrogens with one attached hydrogen (secondary N) is 1. The monoisotopic (exact) mass is 376 g/mol. The van der Waals surface area contributed by atoms with Gasteiger partial charge in [0.1, 0.15) is 10.7 Å². The fraction of sp³-hybridized carbons (Fsp3) is 0.308. The highest BCUT2D eigenvalue weighted by Gasteiger charge is 2.23. The number of sulfonamides is 1. The van der Waals surface area contributed by atoms with Crippen LogP contribution in [0.2, 0.25) is 0 Å². The molecule has 0 saturated carbocycles. The fourth-order valence-corrected chi connectivity index (χ4v) is 3.58. The predicted octanol–water partition coefficient (Wildman–Crippen LogP) is 3.67. The lowest BCUT2D eigenvalue weighted by Gasteiger charge is -2.12. The quantitative estimate of drug-likeness (QED) is 0.886. The Morgan fingerprint density at radius 1 is 1.29 bits per heavy atom. The van der Waals surface area contributed by atoms with Crippen molar-refractivity contribution in [3.8, 4) is 0 Å². The molecule has 114 valence electrons. The van der Waals surface area contributed by atoms with Gasteiger partial charge in [0.2, 0.25) is 5.88 Å². The van der Waals surface area contributed by atoms with Gasteiger partial charge in [-0.2, -0.15) is 0 Å². The average molecular weight is 377 g/mol. The van der Waals surface area contributed by atoms with Crippen molar-refractivity contribution in [2.24, 2.45) is 0 Å². The van der Waals surface area contributed by atoms with Gasteiger partial charge in [0.25, 0.3) is 10.0 Å². The number of nitrogens with zero attached hydrogens (tertiary/aromatic N) is 1. The lowest BCUT2D eigenvalue weighted by molar-refractivity contribution is 0.405. The third kappa shape index (κ3) is 3.62. The van der Waals surface area contributed by atoms with Gasteiger partial charge >= 0.3 is 0 Å². The van der Waals surface area contributed by atoms with Crippen molar-refractivity contribution in [2.45, 2.75) is 31.1 Å². The minimum Gasteiger partial charge on any atom is -0.338 e. The van der Waals surface area contributed by atoms with Crippen molar-refractivity contribution in [3.63, 3.8) is 0 Å². The Bertz CT molecular complexity index is 766. The standard InChI is InChI=1S/C13H14BrFN2O3S/c1-13(2,3)11-7-12(20-16-11)17-21(18,19)10-5-4-8(15)6-9(10)14/h4-7,17H,1-3H3. The van der Waals surface area contributed by atoms with Crippen LogP contribution in [-0.4, -0.2) is 13.6 Å². The number of halogens is 2. The van der Waals surface area contributed by atoms with Crippen molar-refractivity contribution in [1.29, 1.82) is 0 Å². The lowest BCUT2D eigenvalue weighted by atomic mass is 9.92. The molecular formula is C13H14BrFN2O3S. The Kier molecular flexibility index (Phi) is 4.12. The highest BCUT2D eigenvalue weighted by Crippen LogP contribution is 2.27. The summed E-state index contributed by atoms with van der Waals surface area (Å²) < 4.78 is 44.9. The van der Waals surface area contributed by atoms with E-state index in [1.807, 2.05) is 20.8 Å². The largest absolute Gasteiger partial charge is 0.338 e. The van der Waals surface area contributed by atoms with Crippen LogP contribution < -0.4 is 4.72 Å². The summed E-state index contributed by atoms with van der Waals surface area (Å²) in [4.78, 5) is -0.0855. The molecule has 0 aliphatic rings. The molecule has 5 nitrogen and oxygen atoms in total. The van der Waals surface area contributed by atoms with Gasteiger partial charge in [-0.25, -0.2) is 17.5 Å². The van der Waals surface area contributed by atoms with Crippen LogP contribution in [0, 0.1) is 5.82 Å². The molecule has 0 spiro atoms. The molecule has 21 heavy (non-hydrogen) atoms. The Labute approximate surface area is 130 Å². The summed E-state index contributed by atoms with van der Waals surface area (Å²) in [7, 11) is -3.89. The van der Waals surface area contributed by atoms with E-state index in [0.717, 1.165) is 12.1 Å². The minimum atomic E-state index is -3.89. The summed E-state index contributed by atoms with van der Waals surface area (Å²) in [6.07, 6.45) is 0. The lowest BCUT2D eigenvalue weighted by Crippen LogP contribution is -2.13. The molecule has 8 heteroatoms. The Morgan fingerprint density at radius 3 is 2.48 bits per heavy atom. The van der Waals surface area contributed by atoms with Crippen molar-refractivity contribution in [2.75, 3.05) is 4.72 Å². The van der Waals surface area contributed by atoms with Gasteiger partial charge in [-0.3, -0.25) is 0 Å². The molecule has 2 aromatic rings. The SMILES string of the molecule is CC(C)(C)c1cc(NS(=O)(=O)c2ccc(F)cc2Br)on1. The predicted molar refractivity (Wildman–Crippen MR) is 80.1 cm³/mol.